The van der Waals surface area contributed by atoms with Crippen molar-refractivity contribution >= 4 is 12.0 Å². The zero-order chi connectivity index (χ0) is 15.5. The van der Waals surface area contributed by atoms with Gasteiger partial charge in [0, 0.05) is 6.08 Å². The van der Waals surface area contributed by atoms with Gasteiger partial charge >= 0.3 is 0 Å². The number of oxime groups is 1. The quantitative estimate of drug-likeness (QED) is 0.327. The highest BCUT2D eigenvalue weighted by Crippen LogP contribution is 2.04. The van der Waals surface area contributed by atoms with Crippen molar-refractivity contribution in [2.24, 2.45) is 5.16 Å². The van der Waals surface area contributed by atoms with Crippen LogP contribution in [0.25, 0.3) is 6.08 Å². The summed E-state index contributed by atoms with van der Waals surface area (Å²) >= 11 is 0. The Morgan fingerprint density at radius 1 is 1.00 bits per heavy atom. The molecule has 3 nitrogen and oxygen atoms in total. The monoisotopic (exact) mass is 293 g/mol. The predicted molar refractivity (Wildman–Crippen MR) is 90.3 cm³/mol. The van der Waals surface area contributed by atoms with Gasteiger partial charge in [0.15, 0.2) is 0 Å². The maximum absolute atomic E-state index is 5.47. The fourth-order valence-electron chi connectivity index (χ4n) is 1.73. The molecule has 22 heavy (non-hydrogen) atoms. The van der Waals surface area contributed by atoms with Crippen molar-refractivity contribution in [3.8, 4) is 0 Å². The Hall–Kier alpha value is -2.81. The van der Waals surface area contributed by atoms with Crippen LogP contribution in [-0.4, -0.2) is 12.5 Å². The van der Waals surface area contributed by atoms with Crippen molar-refractivity contribution in [1.82, 2.24) is 0 Å². The molecule has 0 aliphatic rings. The lowest BCUT2D eigenvalue weighted by Crippen LogP contribution is -2.02. The van der Waals surface area contributed by atoms with Gasteiger partial charge in [0.2, 0.25) is 0 Å². The van der Waals surface area contributed by atoms with Gasteiger partial charge in [-0.15, -0.1) is 0 Å². The Bertz CT molecular complexity index is 618. The molecule has 0 spiro atoms. The highest BCUT2D eigenvalue weighted by atomic mass is 16.6. The average molecular weight is 293 g/mol. The van der Waals surface area contributed by atoms with E-state index in [1.165, 1.54) is 0 Å². The van der Waals surface area contributed by atoms with Crippen LogP contribution in [0.3, 0.4) is 0 Å². The van der Waals surface area contributed by atoms with Crippen molar-refractivity contribution in [2.75, 3.05) is 6.61 Å². The van der Waals surface area contributed by atoms with Crippen LogP contribution in [0.5, 0.6) is 0 Å². The summed E-state index contributed by atoms with van der Waals surface area (Å²) < 4.78 is 5.47. The lowest BCUT2D eigenvalue weighted by atomic mass is 10.2. The van der Waals surface area contributed by atoms with E-state index in [1.54, 1.807) is 12.2 Å². The summed E-state index contributed by atoms with van der Waals surface area (Å²) in [6.07, 6.45) is 5.38. The maximum Gasteiger partial charge on any atom is 0.250 e. The first kappa shape index (κ1) is 15.6. The number of hydrogen-bond acceptors (Lipinski definition) is 3. The summed E-state index contributed by atoms with van der Waals surface area (Å²) in [7, 11) is 0. The van der Waals surface area contributed by atoms with E-state index < -0.39 is 0 Å². The minimum Gasteiger partial charge on any atom is -0.471 e. The van der Waals surface area contributed by atoms with Crippen LogP contribution in [0.4, 0.5) is 0 Å². The molecule has 0 aromatic heterocycles. The number of ether oxygens (including phenoxy) is 1. The van der Waals surface area contributed by atoms with Gasteiger partial charge in [-0.3, -0.25) is 0 Å². The van der Waals surface area contributed by atoms with Gasteiger partial charge in [0.25, 0.3) is 5.90 Å². The Labute approximate surface area is 131 Å². The zero-order valence-corrected chi connectivity index (χ0v) is 12.4. The molecule has 0 fully saturated rings. The normalized spacial score (nSPS) is 11.4. The summed E-state index contributed by atoms with van der Waals surface area (Å²) in [5.74, 6) is 0.416. The summed E-state index contributed by atoms with van der Waals surface area (Å²) in [6, 6.07) is 19.8. The summed E-state index contributed by atoms with van der Waals surface area (Å²) in [5, 5.41) is 4.03. The standard InChI is InChI=1S/C19H19NO2/c1-2-15-21-19(14-13-17-9-5-3-6-10-17)20-22-16-18-11-7-4-8-12-18/h2-14H,1,15-16H2/b14-13+,20-19-. The lowest BCUT2D eigenvalue weighted by Gasteiger charge is -2.04. The molecular formula is C19H19NO2. The van der Waals surface area contributed by atoms with E-state index in [0.717, 1.165) is 11.1 Å². The molecule has 2 aromatic carbocycles. The number of hydrogen-bond donors (Lipinski definition) is 0. The van der Waals surface area contributed by atoms with Crippen LogP contribution in [0.15, 0.2) is 84.6 Å². The number of benzene rings is 2. The molecular weight excluding hydrogens is 274 g/mol. The predicted octanol–water partition coefficient (Wildman–Crippen LogP) is 4.43. The lowest BCUT2D eigenvalue weighted by molar-refractivity contribution is 0.121. The second-order valence-electron chi connectivity index (χ2n) is 4.53. The number of rotatable bonds is 7. The minimum atomic E-state index is 0.382. The van der Waals surface area contributed by atoms with E-state index in [-0.39, 0.29) is 0 Å². The van der Waals surface area contributed by atoms with Crippen molar-refractivity contribution in [3.05, 3.63) is 90.5 Å². The van der Waals surface area contributed by atoms with Crippen molar-refractivity contribution < 1.29 is 9.57 Å². The molecule has 0 aliphatic heterocycles. The van der Waals surface area contributed by atoms with Crippen LogP contribution in [0.2, 0.25) is 0 Å². The third-order valence-corrected chi connectivity index (χ3v) is 2.80. The van der Waals surface area contributed by atoms with Crippen molar-refractivity contribution in [2.45, 2.75) is 6.61 Å². The minimum absolute atomic E-state index is 0.382. The summed E-state index contributed by atoms with van der Waals surface area (Å²) in [6.45, 7) is 4.42. The first-order valence-electron chi connectivity index (χ1n) is 7.09. The molecule has 0 aliphatic carbocycles. The topological polar surface area (TPSA) is 30.8 Å². The molecule has 2 aromatic rings. The molecule has 0 saturated carbocycles. The van der Waals surface area contributed by atoms with Gasteiger partial charge in [-0.25, -0.2) is 0 Å². The second kappa shape index (κ2) is 9.19. The third kappa shape index (κ3) is 5.67. The van der Waals surface area contributed by atoms with Crippen molar-refractivity contribution in [1.29, 1.82) is 0 Å². The SMILES string of the molecule is C=CCOC(/C=C/c1ccccc1)=N\OCc1ccccc1. The first-order valence-corrected chi connectivity index (χ1v) is 7.09. The van der Waals surface area contributed by atoms with Crippen LogP contribution < -0.4 is 0 Å². The van der Waals surface area contributed by atoms with Gasteiger partial charge < -0.3 is 9.57 Å². The molecule has 0 amide bonds. The van der Waals surface area contributed by atoms with E-state index in [2.05, 4.69) is 11.7 Å². The van der Waals surface area contributed by atoms with Gasteiger partial charge in [-0.1, -0.05) is 73.3 Å². The van der Waals surface area contributed by atoms with Crippen LogP contribution in [0, 0.1) is 0 Å². The van der Waals surface area contributed by atoms with Gasteiger partial charge in [-0.2, -0.15) is 0 Å². The van der Waals surface area contributed by atoms with E-state index in [4.69, 9.17) is 9.57 Å². The molecule has 0 saturated heterocycles. The third-order valence-electron chi connectivity index (χ3n) is 2.80. The molecule has 3 heteroatoms. The zero-order valence-electron chi connectivity index (χ0n) is 12.4. The fraction of sp³-hybridized carbons (Fsp3) is 0.105. The Morgan fingerprint density at radius 3 is 2.36 bits per heavy atom. The van der Waals surface area contributed by atoms with Gasteiger partial charge in [0.05, 0.1) is 0 Å². The fourth-order valence-corrected chi connectivity index (χ4v) is 1.73. The average Bonchev–Trinajstić information content (AvgIpc) is 2.58. The van der Waals surface area contributed by atoms with Gasteiger partial charge in [-0.05, 0) is 22.4 Å². The molecule has 0 heterocycles. The molecule has 0 radical (unpaired) electrons. The Morgan fingerprint density at radius 2 is 1.68 bits per heavy atom. The van der Waals surface area contributed by atoms with Crippen LogP contribution in [0.1, 0.15) is 11.1 Å². The van der Waals surface area contributed by atoms with Crippen molar-refractivity contribution in [3.63, 3.8) is 0 Å². The smallest absolute Gasteiger partial charge is 0.250 e. The van der Waals surface area contributed by atoms with Gasteiger partial charge in [0.1, 0.15) is 13.2 Å². The molecule has 0 bridgehead atoms. The first-order chi connectivity index (χ1) is 10.9. The summed E-state index contributed by atoms with van der Waals surface area (Å²) in [5.41, 5.74) is 2.13. The van der Waals surface area contributed by atoms with E-state index in [1.807, 2.05) is 66.7 Å². The maximum atomic E-state index is 5.47. The van der Waals surface area contributed by atoms with E-state index in [9.17, 15) is 0 Å². The van der Waals surface area contributed by atoms with E-state index >= 15 is 0 Å². The number of nitrogens with zero attached hydrogens (tertiary/aromatic N) is 1. The molecule has 2 rings (SSSR count). The van der Waals surface area contributed by atoms with Crippen LogP contribution in [-0.2, 0) is 16.2 Å². The largest absolute Gasteiger partial charge is 0.471 e. The second-order valence-corrected chi connectivity index (χ2v) is 4.53. The highest BCUT2D eigenvalue weighted by Gasteiger charge is 1.97. The summed E-state index contributed by atoms with van der Waals surface area (Å²) in [4.78, 5) is 5.34. The molecule has 0 N–H and O–H groups in total. The Kier molecular flexibility index (Phi) is 6.50. The Balaban J connectivity index is 1.97. The highest BCUT2D eigenvalue weighted by molar-refractivity contribution is 5.91. The van der Waals surface area contributed by atoms with E-state index in [0.29, 0.717) is 19.1 Å². The van der Waals surface area contributed by atoms with Crippen LogP contribution >= 0.6 is 0 Å². The molecule has 0 unspecified atom stereocenters. The molecule has 112 valence electrons. The molecule has 0 atom stereocenters.